The zero-order valence-corrected chi connectivity index (χ0v) is 24.8. The molecule has 0 aromatic heterocycles. The summed E-state index contributed by atoms with van der Waals surface area (Å²) in [5.74, 6) is -6.24. The van der Waals surface area contributed by atoms with Gasteiger partial charge in [-0.15, -0.1) is 5.06 Å². The first-order valence-electron chi connectivity index (χ1n) is 14.0. The minimum atomic E-state index is -5.18. The molecule has 3 aliphatic heterocycles. The van der Waals surface area contributed by atoms with E-state index in [-0.39, 0.29) is 63.6 Å². The Bertz CT molecular complexity index is 1840. The third kappa shape index (κ3) is 5.32. The molecule has 1 fully saturated rings. The van der Waals surface area contributed by atoms with Crippen LogP contribution in [0.1, 0.15) is 71.0 Å². The summed E-state index contributed by atoms with van der Waals surface area (Å²) in [6.45, 7) is 4.93. The van der Waals surface area contributed by atoms with Gasteiger partial charge < -0.3 is 24.4 Å². The zero-order valence-electron chi connectivity index (χ0n) is 24.8. The second-order valence-electron chi connectivity index (χ2n) is 11.9. The van der Waals surface area contributed by atoms with Crippen molar-refractivity contribution in [2.45, 2.75) is 45.4 Å². The summed E-state index contributed by atoms with van der Waals surface area (Å²) in [7, 11) is 0. The summed E-state index contributed by atoms with van der Waals surface area (Å²) < 4.78 is 56.5. The monoisotopic (exact) mass is 652 g/mol. The number of amides is 3. The maximum atomic E-state index is 13.4. The fourth-order valence-corrected chi connectivity index (χ4v) is 5.23. The van der Waals surface area contributed by atoms with Gasteiger partial charge in [0.2, 0.25) is 0 Å². The number of halogens is 3. The zero-order chi connectivity index (χ0) is 34.1. The number of alkyl halides is 3. The van der Waals surface area contributed by atoms with Crippen LogP contribution in [0.2, 0.25) is 0 Å². The Labute approximate surface area is 263 Å². The average Bonchev–Trinajstić information content (AvgIpc) is 3.46. The molecular formula is C32H23F3N2O10. The van der Waals surface area contributed by atoms with Gasteiger partial charge in [-0.3, -0.25) is 19.2 Å². The van der Waals surface area contributed by atoms with E-state index in [0.717, 1.165) is 12.1 Å². The molecule has 0 saturated carbocycles. The summed E-state index contributed by atoms with van der Waals surface area (Å²) in [6, 6.07) is 11.7. The SMILES string of the molecule is CC(C)(C)C(=O)Oc1ccc2c(c1)Oc1cc(NC(=O)C(F)(F)F)ccc1C21OC(=O)c2cc(C(=O)ON3C(=O)CCC3=O)ccc21. The number of nitrogens with zero attached hydrogens (tertiary/aromatic N) is 1. The quantitative estimate of drug-likeness (QED) is 0.233. The van der Waals surface area contributed by atoms with Gasteiger partial charge in [0.05, 0.1) is 16.5 Å². The number of anilines is 1. The Morgan fingerprint density at radius 3 is 2.11 bits per heavy atom. The first-order valence-corrected chi connectivity index (χ1v) is 14.0. The lowest BCUT2D eigenvalue weighted by Gasteiger charge is -2.36. The van der Waals surface area contributed by atoms with Crippen LogP contribution in [-0.2, 0) is 34.4 Å². The van der Waals surface area contributed by atoms with Crippen LogP contribution >= 0.6 is 0 Å². The lowest BCUT2D eigenvalue weighted by atomic mass is 9.77. The Morgan fingerprint density at radius 1 is 0.851 bits per heavy atom. The van der Waals surface area contributed by atoms with Gasteiger partial charge in [0.15, 0.2) is 5.60 Å². The minimum Gasteiger partial charge on any atom is -0.456 e. The fourth-order valence-electron chi connectivity index (χ4n) is 5.23. The predicted molar refractivity (Wildman–Crippen MR) is 151 cm³/mol. The summed E-state index contributed by atoms with van der Waals surface area (Å²) in [5.41, 5.74) is -2.63. The topological polar surface area (TPSA) is 155 Å². The Kier molecular flexibility index (Phi) is 7.10. The van der Waals surface area contributed by atoms with Gasteiger partial charge in [0, 0.05) is 47.4 Å². The van der Waals surface area contributed by atoms with Crippen molar-refractivity contribution in [1.29, 1.82) is 0 Å². The van der Waals surface area contributed by atoms with Crippen molar-refractivity contribution in [1.82, 2.24) is 5.06 Å². The van der Waals surface area contributed by atoms with Gasteiger partial charge in [-0.25, -0.2) is 9.59 Å². The molecular weight excluding hydrogens is 629 g/mol. The molecule has 3 amide bonds. The number of rotatable bonds is 4. The second-order valence-corrected chi connectivity index (χ2v) is 11.9. The van der Waals surface area contributed by atoms with Gasteiger partial charge in [0.1, 0.15) is 17.2 Å². The van der Waals surface area contributed by atoms with Crippen molar-refractivity contribution < 1.29 is 61.0 Å². The van der Waals surface area contributed by atoms with E-state index in [1.807, 2.05) is 0 Å². The number of benzene rings is 3. The number of hydrogen-bond donors (Lipinski definition) is 1. The first kappa shape index (κ1) is 31.3. The van der Waals surface area contributed by atoms with E-state index in [1.54, 1.807) is 26.1 Å². The van der Waals surface area contributed by atoms with Crippen molar-refractivity contribution >= 4 is 41.3 Å². The lowest BCUT2D eigenvalue weighted by molar-refractivity contribution is -0.172. The summed E-state index contributed by atoms with van der Waals surface area (Å²) >= 11 is 0. The number of nitrogens with one attached hydrogen (secondary N) is 1. The number of esters is 2. The summed E-state index contributed by atoms with van der Waals surface area (Å²) in [5, 5.41) is 2.11. The number of ether oxygens (including phenoxy) is 3. The van der Waals surface area contributed by atoms with Crippen LogP contribution in [0.25, 0.3) is 0 Å². The molecule has 6 rings (SSSR count). The van der Waals surface area contributed by atoms with Crippen molar-refractivity contribution in [3.05, 3.63) is 82.4 Å². The highest BCUT2D eigenvalue weighted by Crippen LogP contribution is 2.57. The first-order chi connectivity index (χ1) is 22.0. The fraction of sp³-hybridized carbons (Fsp3) is 0.250. The summed E-state index contributed by atoms with van der Waals surface area (Å²) in [6.07, 6.45) is -5.42. The molecule has 0 radical (unpaired) electrons. The van der Waals surface area contributed by atoms with E-state index in [2.05, 4.69) is 0 Å². The molecule has 47 heavy (non-hydrogen) atoms. The van der Waals surface area contributed by atoms with Crippen molar-refractivity contribution in [3.8, 4) is 17.2 Å². The van der Waals surface area contributed by atoms with Crippen LogP contribution in [0, 0.1) is 5.41 Å². The number of hydrogen-bond acceptors (Lipinski definition) is 10. The molecule has 0 aliphatic carbocycles. The number of fused-ring (bicyclic) bond motifs is 6. The van der Waals surface area contributed by atoms with Gasteiger partial charge in [-0.05, 0) is 57.2 Å². The van der Waals surface area contributed by atoms with Gasteiger partial charge in [-0.2, -0.15) is 13.2 Å². The number of carbonyl (C=O) groups is 6. The highest BCUT2D eigenvalue weighted by atomic mass is 19.4. The van der Waals surface area contributed by atoms with Gasteiger partial charge in [-0.1, -0.05) is 6.07 Å². The Hall–Kier alpha value is -5.73. The van der Waals surface area contributed by atoms with Gasteiger partial charge >= 0.3 is 30.0 Å². The van der Waals surface area contributed by atoms with E-state index in [0.29, 0.717) is 5.06 Å². The minimum absolute atomic E-state index is 0.00574. The lowest BCUT2D eigenvalue weighted by Crippen LogP contribution is -2.33. The molecule has 3 aliphatic rings. The van der Waals surface area contributed by atoms with E-state index < -0.39 is 52.8 Å². The van der Waals surface area contributed by atoms with E-state index in [4.69, 9.17) is 19.0 Å². The molecule has 3 heterocycles. The molecule has 12 nitrogen and oxygen atoms in total. The molecule has 1 spiro atoms. The van der Waals surface area contributed by atoms with E-state index >= 15 is 0 Å². The van der Waals surface area contributed by atoms with Gasteiger partial charge in [0.25, 0.3) is 11.8 Å². The normalized spacial score (nSPS) is 18.2. The number of carbonyl (C=O) groups excluding carboxylic acids is 6. The van der Waals surface area contributed by atoms with Crippen molar-refractivity contribution in [2.75, 3.05) is 5.32 Å². The number of imide groups is 1. The van der Waals surface area contributed by atoms with Crippen LogP contribution in [0.15, 0.2) is 54.6 Å². The molecule has 242 valence electrons. The summed E-state index contributed by atoms with van der Waals surface area (Å²) in [4.78, 5) is 79.3. The van der Waals surface area contributed by atoms with Crippen LogP contribution in [0.5, 0.6) is 17.2 Å². The maximum Gasteiger partial charge on any atom is 0.471 e. The van der Waals surface area contributed by atoms with Crippen LogP contribution in [0.4, 0.5) is 18.9 Å². The Morgan fingerprint density at radius 2 is 1.47 bits per heavy atom. The molecule has 1 N–H and O–H groups in total. The maximum absolute atomic E-state index is 13.4. The average molecular weight is 653 g/mol. The third-order valence-corrected chi connectivity index (χ3v) is 7.53. The second kappa shape index (κ2) is 10.7. The predicted octanol–water partition coefficient (Wildman–Crippen LogP) is 4.93. The smallest absolute Gasteiger partial charge is 0.456 e. The standard InChI is InChI=1S/C32H23F3N2O10/c1-30(2,3)29(43)44-17-6-9-21-23(14-17)45-22-13-16(36-28(42)32(33,34)35)5-8-20(22)31(21)19-7-4-15(12-18(19)27(41)46-31)26(40)47-37-24(38)10-11-25(37)39/h4-9,12-14H,10-11H2,1-3H3,(H,36,42). The Balaban J connectivity index is 1.45. The molecule has 1 saturated heterocycles. The highest BCUT2D eigenvalue weighted by molar-refractivity contribution is 6.04. The molecule has 1 unspecified atom stereocenters. The molecule has 1 atom stereocenters. The molecule has 3 aromatic rings. The van der Waals surface area contributed by atoms with E-state index in [9.17, 15) is 41.9 Å². The van der Waals surface area contributed by atoms with E-state index in [1.165, 1.54) is 42.5 Å². The number of hydroxylamine groups is 2. The molecule has 0 bridgehead atoms. The van der Waals surface area contributed by atoms with Crippen molar-refractivity contribution in [3.63, 3.8) is 0 Å². The largest absolute Gasteiger partial charge is 0.471 e. The van der Waals surface area contributed by atoms with Crippen LogP contribution < -0.4 is 14.8 Å². The molecule has 3 aromatic carbocycles. The molecule has 15 heteroatoms. The van der Waals surface area contributed by atoms with Crippen LogP contribution in [-0.4, -0.2) is 46.9 Å². The highest BCUT2D eigenvalue weighted by Gasteiger charge is 2.54. The third-order valence-electron chi connectivity index (χ3n) is 7.53. The van der Waals surface area contributed by atoms with Crippen molar-refractivity contribution in [2.24, 2.45) is 5.41 Å². The van der Waals surface area contributed by atoms with Crippen LogP contribution in [0.3, 0.4) is 0 Å².